The maximum atomic E-state index is 10.3. The van der Waals surface area contributed by atoms with E-state index in [-0.39, 0.29) is 6.10 Å². The highest BCUT2D eigenvalue weighted by Crippen LogP contribution is 2.14. The fourth-order valence-electron chi connectivity index (χ4n) is 4.64. The third-order valence-electron chi connectivity index (χ3n) is 7.18. The first-order valence-electron chi connectivity index (χ1n) is 17.6. The van der Waals surface area contributed by atoms with Crippen molar-refractivity contribution in [1.82, 2.24) is 0 Å². The van der Waals surface area contributed by atoms with Gasteiger partial charge in [0.1, 0.15) is 0 Å². The molecule has 0 aromatic carbocycles. The maximum absolute atomic E-state index is 10.3. The minimum absolute atomic E-state index is 0.0252. The van der Waals surface area contributed by atoms with Gasteiger partial charge in [-0.25, -0.2) is 0 Å². The van der Waals surface area contributed by atoms with Crippen molar-refractivity contribution >= 4 is 11.9 Å². The van der Waals surface area contributed by atoms with Crippen molar-refractivity contribution in [3.05, 3.63) is 12.2 Å². The molecule has 5 nitrogen and oxygen atoms in total. The first kappa shape index (κ1) is 44.1. The number of allylic oxidation sites excluding steroid dienone is 2. The molecule has 0 spiro atoms. The van der Waals surface area contributed by atoms with E-state index >= 15 is 0 Å². The van der Waals surface area contributed by atoms with Crippen LogP contribution < -0.4 is 0 Å². The number of hydrogen-bond donors (Lipinski definition) is 3. The summed E-state index contributed by atoms with van der Waals surface area (Å²) in [6, 6.07) is 0. The van der Waals surface area contributed by atoms with E-state index in [1.54, 1.807) is 0 Å². The van der Waals surface area contributed by atoms with Crippen LogP contribution in [0.4, 0.5) is 0 Å². The lowest BCUT2D eigenvalue weighted by molar-refractivity contribution is -0.137. The predicted octanol–water partition coefficient (Wildman–Crippen LogP) is 11.7. The van der Waals surface area contributed by atoms with Gasteiger partial charge in [0.2, 0.25) is 0 Å². The molecule has 0 heterocycles. The topological polar surface area (TPSA) is 94.8 Å². The third-order valence-corrected chi connectivity index (χ3v) is 7.18. The Bertz CT molecular complexity index is 528. The van der Waals surface area contributed by atoms with E-state index in [4.69, 9.17) is 15.0 Å². The van der Waals surface area contributed by atoms with Crippen LogP contribution in [-0.2, 0) is 9.59 Å². The van der Waals surface area contributed by atoms with Crippen molar-refractivity contribution in [2.45, 2.75) is 207 Å². The summed E-state index contributed by atoms with van der Waals surface area (Å²) in [7, 11) is 0. The van der Waals surface area contributed by atoms with Crippen LogP contribution in [0.5, 0.6) is 0 Å². The summed E-state index contributed by atoms with van der Waals surface area (Å²) in [5.41, 5.74) is 0. The Balaban J connectivity index is -0.000000628. The lowest BCUT2D eigenvalue weighted by atomic mass is 10.0. The number of carboxylic acids is 2. The zero-order valence-corrected chi connectivity index (χ0v) is 28.0. The number of carboxylic acid groups (broad SMARTS) is 2. The highest BCUT2D eigenvalue weighted by Gasteiger charge is 2.03. The second-order valence-electron chi connectivity index (χ2n) is 11.7. The molecule has 0 saturated heterocycles. The molecule has 1 atom stereocenters. The van der Waals surface area contributed by atoms with Gasteiger partial charge in [0.05, 0.1) is 6.10 Å². The Hall–Kier alpha value is -1.36. The third kappa shape index (κ3) is 55.3. The van der Waals surface area contributed by atoms with E-state index in [0.29, 0.717) is 6.42 Å². The van der Waals surface area contributed by atoms with Crippen LogP contribution in [-0.4, -0.2) is 33.4 Å². The molecule has 0 saturated carbocycles. The lowest BCUT2D eigenvalue weighted by Crippen LogP contribution is -2.05. The van der Waals surface area contributed by atoms with Gasteiger partial charge in [0.25, 0.3) is 5.97 Å². The molecule has 0 bridgehead atoms. The first-order chi connectivity index (χ1) is 19.8. The molecule has 0 aromatic rings. The smallest absolute Gasteiger partial charge is 0.303 e. The largest absolute Gasteiger partial charge is 0.481 e. The molecule has 0 aliphatic carbocycles. The molecule has 1 unspecified atom stereocenters. The Morgan fingerprint density at radius 2 is 0.805 bits per heavy atom. The fraction of sp³-hybridized carbons (Fsp3) is 0.889. The Morgan fingerprint density at radius 1 is 0.512 bits per heavy atom. The molecule has 0 radical (unpaired) electrons. The van der Waals surface area contributed by atoms with Gasteiger partial charge in [-0.3, -0.25) is 9.59 Å². The summed E-state index contributed by atoms with van der Waals surface area (Å²) >= 11 is 0. The average Bonchev–Trinajstić information content (AvgIpc) is 2.92. The van der Waals surface area contributed by atoms with Crippen LogP contribution in [0.15, 0.2) is 12.2 Å². The molecular formula is C36H72O5. The summed E-state index contributed by atoms with van der Waals surface area (Å²) < 4.78 is 0. The normalized spacial score (nSPS) is 11.4. The van der Waals surface area contributed by atoms with E-state index in [9.17, 15) is 9.90 Å². The van der Waals surface area contributed by atoms with E-state index in [0.717, 1.165) is 32.6 Å². The van der Waals surface area contributed by atoms with Crippen molar-refractivity contribution in [1.29, 1.82) is 0 Å². The van der Waals surface area contributed by atoms with Gasteiger partial charge < -0.3 is 15.3 Å². The molecule has 41 heavy (non-hydrogen) atoms. The van der Waals surface area contributed by atoms with E-state index in [2.05, 4.69) is 32.9 Å². The van der Waals surface area contributed by atoms with Crippen molar-refractivity contribution in [3.8, 4) is 0 Å². The first-order valence-corrected chi connectivity index (χ1v) is 17.6. The van der Waals surface area contributed by atoms with Crippen molar-refractivity contribution in [2.24, 2.45) is 0 Å². The van der Waals surface area contributed by atoms with Crippen LogP contribution in [0, 0.1) is 0 Å². The van der Waals surface area contributed by atoms with Crippen LogP contribution in [0.3, 0.4) is 0 Å². The number of aliphatic carboxylic acids is 2. The molecule has 0 aliphatic heterocycles. The van der Waals surface area contributed by atoms with E-state index in [1.165, 1.54) is 141 Å². The second kappa shape index (κ2) is 40.8. The zero-order chi connectivity index (χ0) is 31.2. The predicted molar refractivity (Wildman–Crippen MR) is 178 cm³/mol. The quantitative estimate of drug-likeness (QED) is 0.0628. The lowest BCUT2D eigenvalue weighted by Gasteiger charge is -2.10. The number of unbranched alkanes of at least 4 members (excludes halogenated alkanes) is 20. The molecular weight excluding hydrogens is 512 g/mol. The molecule has 3 N–H and O–H groups in total. The molecule has 0 fully saturated rings. The number of hydrogen-bond acceptors (Lipinski definition) is 3. The Labute approximate surface area is 256 Å². The molecule has 246 valence electrons. The van der Waals surface area contributed by atoms with Crippen molar-refractivity contribution in [3.63, 3.8) is 0 Å². The number of rotatable bonds is 28. The highest BCUT2D eigenvalue weighted by atomic mass is 16.4. The Morgan fingerprint density at radius 3 is 1.17 bits per heavy atom. The van der Waals surface area contributed by atoms with Gasteiger partial charge in [0.15, 0.2) is 0 Å². The highest BCUT2D eigenvalue weighted by molar-refractivity contribution is 5.66. The summed E-state index contributed by atoms with van der Waals surface area (Å²) in [6.45, 7) is 7.83. The standard InChI is InChI=1S/C18H34O2.C16H34O.C2H4O2/c1-2-3-4-5-6-7-8-9-10-11-12-13-14-15-16-17-18(19)20;1-3-5-7-9-11-13-15-16(17)14-12-10-8-6-4-2;1-2(3)4/h7-8H,2-6,9-17H2,1H3,(H,19,20);16-17H,3-15H2,1-2H3;1H3,(H,3,4)/b8-7-;;. The van der Waals surface area contributed by atoms with E-state index in [1.807, 2.05) is 0 Å². The molecule has 0 rings (SSSR count). The second-order valence-corrected chi connectivity index (χ2v) is 11.7. The minimum Gasteiger partial charge on any atom is -0.481 e. The van der Waals surface area contributed by atoms with Gasteiger partial charge in [-0.1, -0.05) is 155 Å². The summed E-state index contributed by atoms with van der Waals surface area (Å²) in [6.07, 6.45) is 37.8. The average molecular weight is 585 g/mol. The van der Waals surface area contributed by atoms with Gasteiger partial charge >= 0.3 is 5.97 Å². The van der Waals surface area contributed by atoms with Gasteiger partial charge in [-0.05, 0) is 44.9 Å². The minimum atomic E-state index is -0.833. The number of carbonyl (C=O) groups is 2. The monoisotopic (exact) mass is 585 g/mol. The molecule has 5 heteroatoms. The molecule has 0 aromatic heterocycles. The van der Waals surface area contributed by atoms with Crippen LogP contribution in [0.1, 0.15) is 201 Å². The van der Waals surface area contributed by atoms with Crippen LogP contribution in [0.2, 0.25) is 0 Å². The SMILES string of the molecule is CC(=O)O.CCCCCC/C=C\CCCCCCCCCC(=O)O.CCCCCCCCC(O)CCCCCCC. The maximum Gasteiger partial charge on any atom is 0.303 e. The van der Waals surface area contributed by atoms with Gasteiger partial charge in [-0.2, -0.15) is 0 Å². The molecule has 0 amide bonds. The van der Waals surface area contributed by atoms with Crippen molar-refractivity contribution in [2.75, 3.05) is 0 Å². The number of aliphatic hydroxyl groups excluding tert-OH is 1. The summed E-state index contributed by atoms with van der Waals surface area (Å²) in [5.74, 6) is -1.49. The Kier molecular flexibility index (Phi) is 43.8. The summed E-state index contributed by atoms with van der Waals surface area (Å²) in [4.78, 5) is 19.3. The van der Waals surface area contributed by atoms with Crippen LogP contribution in [0.25, 0.3) is 0 Å². The van der Waals surface area contributed by atoms with Gasteiger partial charge in [-0.15, -0.1) is 0 Å². The summed E-state index contributed by atoms with van der Waals surface area (Å²) in [5, 5.41) is 25.7. The van der Waals surface area contributed by atoms with Crippen molar-refractivity contribution < 1.29 is 24.9 Å². The van der Waals surface area contributed by atoms with Gasteiger partial charge in [0, 0.05) is 13.3 Å². The fourth-order valence-corrected chi connectivity index (χ4v) is 4.64. The molecule has 0 aliphatic rings. The van der Waals surface area contributed by atoms with Crippen LogP contribution >= 0.6 is 0 Å². The van der Waals surface area contributed by atoms with E-state index < -0.39 is 11.9 Å². The number of aliphatic hydroxyl groups is 1. The zero-order valence-electron chi connectivity index (χ0n) is 28.0.